The summed E-state index contributed by atoms with van der Waals surface area (Å²) in [5, 5.41) is 9.41. The molecular weight excluding hydrogens is 478 g/mol. The van der Waals surface area contributed by atoms with Crippen molar-refractivity contribution in [3.8, 4) is 0 Å². The predicted molar refractivity (Wildman–Crippen MR) is 160 cm³/mol. The normalized spacial score (nSPS) is 48.5. The summed E-state index contributed by atoms with van der Waals surface area (Å²) in [5.74, 6) is 4.17. The lowest BCUT2D eigenvalue weighted by atomic mass is 9.32. The Bertz CT molecular complexity index is 1120. The molecule has 1 aromatic rings. The number of benzene rings is 1. The fourth-order valence-corrected chi connectivity index (χ4v) is 12.9. The minimum atomic E-state index is -0.834. The molecule has 39 heavy (non-hydrogen) atoms. The number of carboxylic acids is 1. The van der Waals surface area contributed by atoms with Crippen molar-refractivity contribution < 1.29 is 9.90 Å². The summed E-state index contributed by atoms with van der Waals surface area (Å²) in [5.41, 5.74) is 10.5. The minimum absolute atomic E-state index is 0.0830. The van der Waals surface area contributed by atoms with E-state index in [0.29, 0.717) is 39.6 Å². The molecule has 1 aromatic carbocycles. The van der Waals surface area contributed by atoms with Gasteiger partial charge >= 0.3 is 5.97 Å². The molecule has 3 nitrogen and oxygen atoms in total. The Labute approximate surface area is 238 Å². The highest BCUT2D eigenvalue weighted by molar-refractivity contribution is 5.87. The molecule has 0 heterocycles. The first-order valence-corrected chi connectivity index (χ1v) is 16.3. The van der Waals surface area contributed by atoms with Gasteiger partial charge in [-0.3, -0.25) is 0 Å². The van der Waals surface area contributed by atoms with Crippen molar-refractivity contribution in [2.24, 2.45) is 62.9 Å². The van der Waals surface area contributed by atoms with Gasteiger partial charge in [0.2, 0.25) is 0 Å². The van der Waals surface area contributed by atoms with Gasteiger partial charge in [-0.15, -0.1) is 0 Å². The highest BCUT2D eigenvalue weighted by Gasteiger charge is 2.70. The fraction of sp³-hybridized carbons (Fsp3) is 0.806. The summed E-state index contributed by atoms with van der Waals surface area (Å²) in [6, 6.07) is 7.84. The zero-order chi connectivity index (χ0) is 28.2. The van der Waals surface area contributed by atoms with Crippen LogP contribution in [0.15, 0.2) is 24.3 Å². The lowest BCUT2D eigenvalue weighted by Gasteiger charge is -2.73. The number of carboxylic acid groups (broad SMARTS) is 1. The fourth-order valence-electron chi connectivity index (χ4n) is 12.9. The molecule has 6 rings (SSSR count). The van der Waals surface area contributed by atoms with Gasteiger partial charge in [-0.25, -0.2) is 4.79 Å². The predicted octanol–water partition coefficient (Wildman–Crippen LogP) is 8.92. The molecule has 5 saturated carbocycles. The third kappa shape index (κ3) is 3.66. The van der Waals surface area contributed by atoms with Crippen LogP contribution in [0.4, 0.5) is 0 Å². The van der Waals surface area contributed by atoms with Crippen LogP contribution in [0.5, 0.6) is 0 Å². The molecule has 1 unspecified atom stereocenters. The molecule has 0 aromatic heterocycles. The van der Waals surface area contributed by atoms with Crippen molar-refractivity contribution in [3.05, 3.63) is 35.4 Å². The van der Waals surface area contributed by atoms with Crippen molar-refractivity contribution in [1.29, 1.82) is 0 Å². The van der Waals surface area contributed by atoms with E-state index in [-0.39, 0.29) is 11.0 Å². The van der Waals surface area contributed by atoms with Crippen LogP contribution in [-0.4, -0.2) is 16.6 Å². The van der Waals surface area contributed by atoms with Crippen molar-refractivity contribution >= 4 is 5.97 Å². The largest absolute Gasteiger partial charge is 0.478 e. The van der Waals surface area contributed by atoms with Crippen molar-refractivity contribution in [2.45, 2.75) is 124 Å². The number of aromatic carboxylic acids is 1. The van der Waals surface area contributed by atoms with E-state index in [2.05, 4.69) is 60.6 Å². The number of hydrogen-bond acceptors (Lipinski definition) is 2. The van der Waals surface area contributed by atoms with Crippen LogP contribution in [0.1, 0.15) is 135 Å². The minimum Gasteiger partial charge on any atom is -0.478 e. The van der Waals surface area contributed by atoms with Crippen molar-refractivity contribution in [1.82, 2.24) is 0 Å². The van der Waals surface area contributed by atoms with Crippen LogP contribution in [0.3, 0.4) is 0 Å². The average Bonchev–Trinajstić information content (AvgIpc) is 3.22. The molecule has 3 heteroatoms. The first-order chi connectivity index (χ1) is 18.2. The number of rotatable bonds is 3. The SMILES string of the molecule is CC(C)C1CC[C@]2(N)CC[C@]3(C)[C@H](CC[C@@H]4[C@@]5(C)CC[C@@H](c6ccc(C(=O)O)cc6)C(C)(C)[C@@H]5CC[C@]43C)[C@@H]12. The van der Waals surface area contributed by atoms with Gasteiger partial charge in [0.25, 0.3) is 0 Å². The molecule has 0 bridgehead atoms. The topological polar surface area (TPSA) is 63.3 Å². The Kier molecular flexibility index (Phi) is 6.29. The maximum atomic E-state index is 11.5. The Morgan fingerprint density at radius 2 is 1.51 bits per heavy atom. The van der Waals surface area contributed by atoms with E-state index in [0.717, 1.165) is 23.7 Å². The van der Waals surface area contributed by atoms with Gasteiger partial charge in [0.05, 0.1) is 5.56 Å². The second kappa shape index (κ2) is 8.83. The average molecular weight is 534 g/mol. The zero-order valence-corrected chi connectivity index (χ0v) is 25.9. The Morgan fingerprint density at radius 3 is 2.15 bits per heavy atom. The van der Waals surface area contributed by atoms with Gasteiger partial charge in [0, 0.05) is 5.54 Å². The highest BCUT2D eigenvalue weighted by Crippen LogP contribution is 2.77. The molecule has 3 N–H and O–H groups in total. The molecule has 5 fully saturated rings. The summed E-state index contributed by atoms with van der Waals surface area (Å²) < 4.78 is 0. The Morgan fingerprint density at radius 1 is 0.821 bits per heavy atom. The van der Waals surface area contributed by atoms with E-state index in [4.69, 9.17) is 5.73 Å². The number of hydrogen-bond donors (Lipinski definition) is 2. The van der Waals surface area contributed by atoms with Gasteiger partial charge in [-0.2, -0.15) is 0 Å². The maximum absolute atomic E-state index is 11.5. The summed E-state index contributed by atoms with van der Waals surface area (Å²) in [6.45, 7) is 18.1. The van der Waals surface area contributed by atoms with E-state index < -0.39 is 5.97 Å². The molecule has 0 spiro atoms. The van der Waals surface area contributed by atoms with Crippen LogP contribution >= 0.6 is 0 Å². The standard InChI is InChI=1S/C36H55NO2/c1-22(2)25-14-19-36(37)21-20-34(6)27(30(25)36)12-13-29-33(5)17-15-26(23-8-10-24(11-9-23)31(38)39)32(3,4)28(33)16-18-35(29,34)7/h8-11,22,25-30H,12-21,37H2,1-7H3,(H,38,39)/t25?,26-,27+,28-,29+,30+,33-,34+,35+,36-/m0/s1. The smallest absolute Gasteiger partial charge is 0.335 e. The van der Waals surface area contributed by atoms with Gasteiger partial charge in [-0.05, 0) is 145 Å². The first kappa shape index (κ1) is 27.8. The Hall–Kier alpha value is -1.35. The number of fused-ring (bicyclic) bond motifs is 7. The van der Waals surface area contributed by atoms with Crippen molar-refractivity contribution in [2.75, 3.05) is 0 Å². The second-order valence-electron chi connectivity index (χ2n) is 16.7. The van der Waals surface area contributed by atoms with E-state index >= 15 is 0 Å². The van der Waals surface area contributed by atoms with Crippen LogP contribution in [0, 0.1) is 57.2 Å². The number of nitrogens with two attached hydrogens (primary N) is 1. The molecular formula is C36H55NO2. The second-order valence-corrected chi connectivity index (χ2v) is 16.7. The highest BCUT2D eigenvalue weighted by atomic mass is 16.4. The lowest BCUT2D eigenvalue weighted by Crippen LogP contribution is -2.68. The van der Waals surface area contributed by atoms with Gasteiger partial charge in [0.1, 0.15) is 0 Å². The zero-order valence-electron chi connectivity index (χ0n) is 25.9. The Balaban J connectivity index is 1.32. The molecule has 0 amide bonds. The van der Waals surface area contributed by atoms with E-state index in [1.807, 2.05) is 12.1 Å². The molecule has 5 aliphatic carbocycles. The summed E-state index contributed by atoms with van der Waals surface area (Å²) in [6.07, 6.45) is 13.1. The number of carbonyl (C=O) groups is 1. The molecule has 0 saturated heterocycles. The molecule has 10 atom stereocenters. The maximum Gasteiger partial charge on any atom is 0.335 e. The van der Waals surface area contributed by atoms with Crippen LogP contribution in [0.2, 0.25) is 0 Å². The summed E-state index contributed by atoms with van der Waals surface area (Å²) in [4.78, 5) is 11.5. The van der Waals surface area contributed by atoms with E-state index in [1.54, 1.807) is 0 Å². The van der Waals surface area contributed by atoms with E-state index in [1.165, 1.54) is 69.8 Å². The van der Waals surface area contributed by atoms with Crippen LogP contribution < -0.4 is 5.73 Å². The van der Waals surface area contributed by atoms with Gasteiger partial charge in [0.15, 0.2) is 0 Å². The monoisotopic (exact) mass is 533 g/mol. The summed E-state index contributed by atoms with van der Waals surface area (Å²) in [7, 11) is 0. The quantitative estimate of drug-likeness (QED) is 0.408. The van der Waals surface area contributed by atoms with Crippen LogP contribution in [0.25, 0.3) is 0 Å². The third-order valence-corrected chi connectivity index (χ3v) is 15.0. The third-order valence-electron chi connectivity index (χ3n) is 15.0. The molecule has 216 valence electrons. The molecule has 0 aliphatic heterocycles. The molecule has 5 aliphatic rings. The van der Waals surface area contributed by atoms with Gasteiger partial charge < -0.3 is 10.8 Å². The van der Waals surface area contributed by atoms with Crippen molar-refractivity contribution in [3.63, 3.8) is 0 Å². The lowest BCUT2D eigenvalue weighted by molar-refractivity contribution is -0.233. The van der Waals surface area contributed by atoms with E-state index in [9.17, 15) is 9.90 Å². The van der Waals surface area contributed by atoms with Gasteiger partial charge in [-0.1, -0.05) is 60.6 Å². The first-order valence-electron chi connectivity index (χ1n) is 16.3. The summed E-state index contributed by atoms with van der Waals surface area (Å²) >= 11 is 0. The molecule has 0 radical (unpaired) electrons. The van der Waals surface area contributed by atoms with Crippen LogP contribution in [-0.2, 0) is 0 Å².